The van der Waals surface area contributed by atoms with Gasteiger partial charge in [0.05, 0.1) is 4.90 Å². The number of nitrogens with one attached hydrogen (secondary N) is 1. The standard InChI is InChI=1S/C17H18N2O2S/c1-13-6-8-15(9-7-13)22(20,21)19-12-14-10-11-18-17-5-3-2-4-16(14)17/h2,4,6-11,19H,3,5,12H2,1H3. The van der Waals surface area contributed by atoms with Gasteiger partial charge >= 0.3 is 0 Å². The summed E-state index contributed by atoms with van der Waals surface area (Å²) in [4.78, 5) is 4.65. The molecule has 114 valence electrons. The maximum Gasteiger partial charge on any atom is 0.240 e. The number of fused-ring (bicyclic) bond motifs is 1. The highest BCUT2D eigenvalue weighted by Crippen LogP contribution is 2.21. The van der Waals surface area contributed by atoms with Gasteiger partial charge in [0, 0.05) is 24.0 Å². The summed E-state index contributed by atoms with van der Waals surface area (Å²) in [7, 11) is -3.50. The number of sulfonamides is 1. The Bertz CT molecular complexity index is 809. The van der Waals surface area contributed by atoms with E-state index in [1.807, 2.05) is 19.1 Å². The van der Waals surface area contributed by atoms with Crippen molar-refractivity contribution in [1.82, 2.24) is 9.71 Å². The SMILES string of the molecule is Cc1ccc(S(=O)(=O)NCc2ccnc3c2C=CCC3)cc1. The number of aryl methyl sites for hydroxylation is 2. The normalized spacial score (nSPS) is 13.9. The minimum atomic E-state index is -3.50. The Balaban J connectivity index is 1.81. The molecule has 0 bridgehead atoms. The van der Waals surface area contributed by atoms with E-state index in [2.05, 4.69) is 15.8 Å². The minimum absolute atomic E-state index is 0.269. The van der Waals surface area contributed by atoms with Crippen molar-refractivity contribution in [3.8, 4) is 0 Å². The van der Waals surface area contributed by atoms with E-state index >= 15 is 0 Å². The lowest BCUT2D eigenvalue weighted by Gasteiger charge is -2.14. The van der Waals surface area contributed by atoms with Gasteiger partial charge < -0.3 is 0 Å². The first kappa shape index (κ1) is 14.9. The van der Waals surface area contributed by atoms with E-state index in [-0.39, 0.29) is 11.4 Å². The van der Waals surface area contributed by atoms with Crippen molar-refractivity contribution in [1.29, 1.82) is 0 Å². The number of allylic oxidation sites excluding steroid dienone is 1. The van der Waals surface area contributed by atoms with Gasteiger partial charge in [-0.15, -0.1) is 0 Å². The molecule has 0 atom stereocenters. The van der Waals surface area contributed by atoms with Crippen molar-refractivity contribution >= 4 is 16.1 Å². The number of hydrogen-bond acceptors (Lipinski definition) is 3. The Labute approximate surface area is 131 Å². The lowest BCUT2D eigenvalue weighted by molar-refractivity contribution is 0.581. The second-order valence-electron chi connectivity index (χ2n) is 5.41. The van der Waals surface area contributed by atoms with Crippen LogP contribution in [0, 0.1) is 6.92 Å². The van der Waals surface area contributed by atoms with E-state index in [0.717, 1.165) is 35.2 Å². The molecule has 0 aliphatic heterocycles. The lowest BCUT2D eigenvalue weighted by atomic mass is 9.98. The van der Waals surface area contributed by atoms with Gasteiger partial charge in [0.15, 0.2) is 0 Å². The van der Waals surface area contributed by atoms with Crippen molar-refractivity contribution in [2.24, 2.45) is 0 Å². The smallest absolute Gasteiger partial charge is 0.240 e. The molecule has 1 aliphatic rings. The second kappa shape index (κ2) is 6.02. The fourth-order valence-corrected chi connectivity index (χ4v) is 3.52. The first-order chi connectivity index (χ1) is 10.6. The van der Waals surface area contributed by atoms with Crippen molar-refractivity contribution in [2.45, 2.75) is 31.2 Å². The van der Waals surface area contributed by atoms with E-state index in [9.17, 15) is 8.42 Å². The molecule has 1 aromatic carbocycles. The van der Waals surface area contributed by atoms with E-state index in [1.165, 1.54) is 0 Å². The van der Waals surface area contributed by atoms with E-state index in [4.69, 9.17) is 0 Å². The molecule has 0 saturated heterocycles. The molecule has 0 amide bonds. The molecule has 4 nitrogen and oxygen atoms in total. The van der Waals surface area contributed by atoms with Crippen molar-refractivity contribution in [3.63, 3.8) is 0 Å². The molecule has 0 saturated carbocycles. The van der Waals surface area contributed by atoms with E-state index in [1.54, 1.807) is 30.5 Å². The van der Waals surface area contributed by atoms with Crippen LogP contribution in [-0.4, -0.2) is 13.4 Å². The van der Waals surface area contributed by atoms with Crippen molar-refractivity contribution in [3.05, 3.63) is 65.0 Å². The van der Waals surface area contributed by atoms with Crippen LogP contribution < -0.4 is 4.72 Å². The maximum absolute atomic E-state index is 12.3. The zero-order valence-electron chi connectivity index (χ0n) is 12.4. The first-order valence-electron chi connectivity index (χ1n) is 7.26. The highest BCUT2D eigenvalue weighted by atomic mass is 32.2. The van der Waals surface area contributed by atoms with Gasteiger partial charge in [0.2, 0.25) is 10.0 Å². The topological polar surface area (TPSA) is 59.1 Å². The third kappa shape index (κ3) is 3.10. The van der Waals surface area contributed by atoms with Crippen LogP contribution in [0.4, 0.5) is 0 Å². The van der Waals surface area contributed by atoms with Gasteiger partial charge in [-0.1, -0.05) is 29.8 Å². The summed E-state index contributed by atoms with van der Waals surface area (Å²) < 4.78 is 27.4. The average molecular weight is 314 g/mol. The molecule has 0 radical (unpaired) electrons. The van der Waals surface area contributed by atoms with E-state index in [0.29, 0.717) is 0 Å². The molecule has 1 aliphatic carbocycles. The molecule has 2 aromatic rings. The first-order valence-corrected chi connectivity index (χ1v) is 8.74. The molecular formula is C17H18N2O2S. The summed E-state index contributed by atoms with van der Waals surface area (Å²) in [5.74, 6) is 0. The fourth-order valence-electron chi connectivity index (χ4n) is 2.51. The minimum Gasteiger partial charge on any atom is -0.261 e. The summed E-state index contributed by atoms with van der Waals surface area (Å²) in [5.41, 5.74) is 4.07. The molecular weight excluding hydrogens is 296 g/mol. The number of benzene rings is 1. The molecule has 0 spiro atoms. The summed E-state index contributed by atoms with van der Waals surface area (Å²) in [6.45, 7) is 2.20. The number of pyridine rings is 1. The number of aromatic nitrogens is 1. The predicted octanol–water partition coefficient (Wildman–Crippen LogP) is 2.83. The Morgan fingerprint density at radius 3 is 2.73 bits per heavy atom. The maximum atomic E-state index is 12.3. The summed E-state index contributed by atoms with van der Waals surface area (Å²) in [5, 5.41) is 0. The number of hydrogen-bond donors (Lipinski definition) is 1. The molecule has 1 aromatic heterocycles. The van der Waals surface area contributed by atoms with Crippen LogP contribution in [0.1, 0.15) is 28.8 Å². The highest BCUT2D eigenvalue weighted by Gasteiger charge is 2.16. The third-order valence-corrected chi connectivity index (χ3v) is 5.20. The zero-order chi connectivity index (χ0) is 15.6. The Kier molecular flexibility index (Phi) is 4.09. The number of nitrogens with zero attached hydrogens (tertiary/aromatic N) is 1. The predicted molar refractivity (Wildman–Crippen MR) is 86.8 cm³/mol. The van der Waals surface area contributed by atoms with Crippen LogP contribution in [0.5, 0.6) is 0 Å². The van der Waals surface area contributed by atoms with Crippen LogP contribution in [0.3, 0.4) is 0 Å². The van der Waals surface area contributed by atoms with Crippen LogP contribution >= 0.6 is 0 Å². The Morgan fingerprint density at radius 1 is 1.18 bits per heavy atom. The average Bonchev–Trinajstić information content (AvgIpc) is 2.53. The molecule has 3 rings (SSSR count). The van der Waals surface area contributed by atoms with Gasteiger partial charge in [-0.3, -0.25) is 4.98 Å². The van der Waals surface area contributed by atoms with Gasteiger partial charge in [-0.2, -0.15) is 0 Å². The summed E-state index contributed by atoms with van der Waals surface area (Å²) in [6, 6.07) is 8.71. The molecule has 22 heavy (non-hydrogen) atoms. The van der Waals surface area contributed by atoms with Gasteiger partial charge in [-0.25, -0.2) is 13.1 Å². The quantitative estimate of drug-likeness (QED) is 0.944. The van der Waals surface area contributed by atoms with Crippen molar-refractivity contribution in [2.75, 3.05) is 0 Å². The molecule has 1 N–H and O–H groups in total. The monoisotopic (exact) mass is 314 g/mol. The van der Waals surface area contributed by atoms with E-state index < -0.39 is 10.0 Å². The van der Waals surface area contributed by atoms with Crippen molar-refractivity contribution < 1.29 is 8.42 Å². The second-order valence-corrected chi connectivity index (χ2v) is 7.18. The molecule has 0 fully saturated rings. The fraction of sp³-hybridized carbons (Fsp3) is 0.235. The summed E-state index contributed by atoms with van der Waals surface area (Å²) in [6.07, 6.45) is 7.76. The largest absolute Gasteiger partial charge is 0.261 e. The third-order valence-electron chi connectivity index (χ3n) is 3.78. The van der Waals surface area contributed by atoms with Crippen LogP contribution in [0.25, 0.3) is 6.08 Å². The van der Waals surface area contributed by atoms with Crippen LogP contribution in [0.15, 0.2) is 47.5 Å². The van der Waals surface area contributed by atoms with Crippen LogP contribution in [-0.2, 0) is 23.0 Å². The molecule has 5 heteroatoms. The highest BCUT2D eigenvalue weighted by molar-refractivity contribution is 7.89. The zero-order valence-corrected chi connectivity index (χ0v) is 13.2. The van der Waals surface area contributed by atoms with Gasteiger partial charge in [0.25, 0.3) is 0 Å². The van der Waals surface area contributed by atoms with Gasteiger partial charge in [-0.05, 0) is 43.5 Å². The molecule has 1 heterocycles. The lowest BCUT2D eigenvalue weighted by Crippen LogP contribution is -2.24. The van der Waals surface area contributed by atoms with Gasteiger partial charge in [0.1, 0.15) is 0 Å². The summed E-state index contributed by atoms with van der Waals surface area (Å²) >= 11 is 0. The Morgan fingerprint density at radius 2 is 1.95 bits per heavy atom. The number of rotatable bonds is 4. The van der Waals surface area contributed by atoms with Crippen LogP contribution in [0.2, 0.25) is 0 Å². The Hall–Kier alpha value is -1.98. The molecule has 0 unspecified atom stereocenters.